The van der Waals surface area contributed by atoms with E-state index in [1.54, 1.807) is 0 Å². The topological polar surface area (TPSA) is 63.4 Å². The molecule has 0 bridgehead atoms. The Hall–Kier alpha value is -1.18. The zero-order chi connectivity index (χ0) is 17.3. The molecule has 2 aromatic rings. The molecule has 1 fully saturated rings. The Balaban J connectivity index is 0.00000225. The lowest BCUT2D eigenvalue weighted by molar-refractivity contribution is 0.453. The lowest BCUT2D eigenvalue weighted by Crippen LogP contribution is -2.30. The van der Waals surface area contributed by atoms with Gasteiger partial charge in [-0.2, -0.15) is 4.31 Å². The zero-order valence-corrected chi connectivity index (χ0v) is 15.7. The van der Waals surface area contributed by atoms with E-state index in [-0.39, 0.29) is 47.3 Å². The molecular weight excluding hydrogens is 386 g/mol. The molecule has 0 unspecified atom stereocenters. The number of hydrogen-bond acceptors (Lipinski definition) is 3. The molecule has 0 aliphatic carbocycles. The van der Waals surface area contributed by atoms with E-state index in [2.05, 4.69) is 0 Å². The third-order valence-electron chi connectivity index (χ3n) is 4.45. The normalized spacial score (nSPS) is 21.1. The molecule has 1 aliphatic heterocycles. The van der Waals surface area contributed by atoms with Gasteiger partial charge in [-0.25, -0.2) is 12.8 Å². The van der Waals surface area contributed by atoms with Crippen molar-refractivity contribution < 1.29 is 12.8 Å². The van der Waals surface area contributed by atoms with Crippen molar-refractivity contribution in [3.05, 3.63) is 64.9 Å². The summed E-state index contributed by atoms with van der Waals surface area (Å²) < 4.78 is 41.0. The minimum Gasteiger partial charge on any atom is -0.330 e. The third kappa shape index (κ3) is 3.99. The fourth-order valence-electron chi connectivity index (χ4n) is 3.17. The van der Waals surface area contributed by atoms with E-state index in [1.807, 2.05) is 30.3 Å². The largest absolute Gasteiger partial charge is 0.330 e. The van der Waals surface area contributed by atoms with Gasteiger partial charge in [0.15, 0.2) is 0 Å². The van der Waals surface area contributed by atoms with Crippen LogP contribution in [-0.2, 0) is 10.0 Å². The molecule has 1 saturated heterocycles. The van der Waals surface area contributed by atoms with Crippen LogP contribution in [0.25, 0.3) is 0 Å². The van der Waals surface area contributed by atoms with Crippen LogP contribution in [0.1, 0.15) is 11.5 Å². The first-order valence-corrected chi connectivity index (χ1v) is 9.45. The summed E-state index contributed by atoms with van der Waals surface area (Å²) in [4.78, 5) is -0.351. The molecule has 8 heteroatoms. The van der Waals surface area contributed by atoms with Gasteiger partial charge >= 0.3 is 0 Å². The highest BCUT2D eigenvalue weighted by atomic mass is 35.5. The molecular formula is C17H19Cl2FN2O2S. The summed E-state index contributed by atoms with van der Waals surface area (Å²) >= 11 is 5.71. The number of nitrogens with zero attached hydrogens (tertiary/aromatic N) is 1. The Morgan fingerprint density at radius 1 is 1.16 bits per heavy atom. The first-order valence-electron chi connectivity index (χ1n) is 7.63. The first kappa shape index (κ1) is 20.1. The lowest BCUT2D eigenvalue weighted by atomic mass is 9.89. The van der Waals surface area contributed by atoms with E-state index < -0.39 is 15.8 Å². The third-order valence-corrected chi connectivity index (χ3v) is 6.55. The van der Waals surface area contributed by atoms with Gasteiger partial charge in [-0.3, -0.25) is 0 Å². The van der Waals surface area contributed by atoms with E-state index >= 15 is 0 Å². The van der Waals surface area contributed by atoms with Gasteiger partial charge in [0.05, 0.1) is 0 Å². The van der Waals surface area contributed by atoms with Crippen LogP contribution in [0.15, 0.2) is 53.4 Å². The van der Waals surface area contributed by atoms with Crippen molar-refractivity contribution in [2.75, 3.05) is 19.6 Å². The molecule has 0 radical (unpaired) electrons. The quantitative estimate of drug-likeness (QED) is 0.850. The molecule has 136 valence electrons. The van der Waals surface area contributed by atoms with Crippen molar-refractivity contribution in [1.82, 2.24) is 4.31 Å². The highest BCUT2D eigenvalue weighted by Gasteiger charge is 2.40. The number of rotatable bonds is 4. The molecule has 0 aromatic heterocycles. The maximum Gasteiger partial charge on any atom is 0.246 e. The standard InChI is InChI=1S/C17H18ClFN2O2S.ClH/c18-14-6-7-17(16(19)8-14)24(22,23)21-10-13(9-20)15(11-21)12-4-2-1-3-5-12;/h1-8,13,15H,9-11,20H2;1H/t13-,15+;/m1./s1. The molecule has 4 nitrogen and oxygen atoms in total. The lowest BCUT2D eigenvalue weighted by Gasteiger charge is -2.17. The average Bonchev–Trinajstić information content (AvgIpc) is 3.00. The van der Waals surface area contributed by atoms with Gasteiger partial charge < -0.3 is 5.73 Å². The number of benzene rings is 2. The Morgan fingerprint density at radius 3 is 2.44 bits per heavy atom. The van der Waals surface area contributed by atoms with Crippen molar-refractivity contribution in [3.63, 3.8) is 0 Å². The second kappa shape index (κ2) is 8.01. The Morgan fingerprint density at radius 2 is 1.84 bits per heavy atom. The maximum atomic E-state index is 14.1. The number of hydrogen-bond donors (Lipinski definition) is 1. The Labute approximate surface area is 158 Å². The van der Waals surface area contributed by atoms with Crippen molar-refractivity contribution in [2.24, 2.45) is 11.7 Å². The van der Waals surface area contributed by atoms with Gasteiger partial charge in [-0.1, -0.05) is 41.9 Å². The molecule has 0 spiro atoms. The van der Waals surface area contributed by atoms with E-state index in [1.165, 1.54) is 16.4 Å². The van der Waals surface area contributed by atoms with Gasteiger partial charge in [0, 0.05) is 24.0 Å². The molecule has 1 aliphatic rings. The molecule has 2 N–H and O–H groups in total. The average molecular weight is 405 g/mol. The van der Waals surface area contributed by atoms with Crippen molar-refractivity contribution in [2.45, 2.75) is 10.8 Å². The first-order chi connectivity index (χ1) is 11.4. The summed E-state index contributed by atoms with van der Waals surface area (Å²) in [5, 5.41) is 0.162. The summed E-state index contributed by atoms with van der Waals surface area (Å²) in [5.41, 5.74) is 6.89. The maximum absolute atomic E-state index is 14.1. The van der Waals surface area contributed by atoms with Gasteiger partial charge in [0.1, 0.15) is 10.7 Å². The SMILES string of the molecule is Cl.NC[C@@H]1CN(S(=O)(=O)c2ccc(Cl)cc2F)C[C@H]1c1ccccc1. The minimum absolute atomic E-state index is 0. The predicted molar refractivity (Wildman–Crippen MR) is 99.1 cm³/mol. The summed E-state index contributed by atoms with van der Waals surface area (Å²) in [7, 11) is -3.93. The molecule has 3 rings (SSSR count). The number of halogens is 3. The van der Waals surface area contributed by atoms with Crippen LogP contribution in [0.5, 0.6) is 0 Å². The van der Waals surface area contributed by atoms with Crippen molar-refractivity contribution >= 4 is 34.0 Å². The van der Waals surface area contributed by atoms with Crippen LogP contribution < -0.4 is 5.73 Å². The second-order valence-electron chi connectivity index (χ2n) is 5.91. The molecule has 0 saturated carbocycles. The summed E-state index contributed by atoms with van der Waals surface area (Å²) in [6, 6.07) is 13.3. The molecule has 2 aromatic carbocycles. The fraction of sp³-hybridized carbons (Fsp3) is 0.294. The van der Waals surface area contributed by atoms with Crippen LogP contribution >= 0.6 is 24.0 Å². The number of sulfonamides is 1. The highest BCUT2D eigenvalue weighted by molar-refractivity contribution is 7.89. The van der Waals surface area contributed by atoms with Gasteiger partial charge in [0.2, 0.25) is 10.0 Å². The van der Waals surface area contributed by atoms with Crippen LogP contribution in [0.2, 0.25) is 5.02 Å². The van der Waals surface area contributed by atoms with Gasteiger partial charge in [-0.15, -0.1) is 12.4 Å². The van der Waals surface area contributed by atoms with Gasteiger partial charge in [0.25, 0.3) is 0 Å². The van der Waals surface area contributed by atoms with Crippen LogP contribution in [-0.4, -0.2) is 32.4 Å². The summed E-state index contributed by atoms with van der Waals surface area (Å²) in [5.74, 6) is -0.839. The molecule has 0 amide bonds. The Bertz CT molecular complexity index is 834. The minimum atomic E-state index is -3.93. The van der Waals surface area contributed by atoms with Crippen LogP contribution in [0, 0.1) is 11.7 Å². The number of nitrogens with two attached hydrogens (primary N) is 1. The predicted octanol–water partition coefficient (Wildman–Crippen LogP) is 3.26. The summed E-state index contributed by atoms with van der Waals surface area (Å²) in [6.07, 6.45) is 0. The van der Waals surface area contributed by atoms with E-state index in [0.717, 1.165) is 11.6 Å². The zero-order valence-electron chi connectivity index (χ0n) is 13.3. The van der Waals surface area contributed by atoms with Crippen LogP contribution in [0.4, 0.5) is 4.39 Å². The fourth-order valence-corrected chi connectivity index (χ4v) is 4.90. The monoisotopic (exact) mass is 404 g/mol. The highest BCUT2D eigenvalue weighted by Crippen LogP contribution is 2.35. The van der Waals surface area contributed by atoms with Crippen molar-refractivity contribution in [1.29, 1.82) is 0 Å². The van der Waals surface area contributed by atoms with E-state index in [0.29, 0.717) is 6.54 Å². The summed E-state index contributed by atoms with van der Waals surface area (Å²) in [6.45, 7) is 0.936. The second-order valence-corrected chi connectivity index (χ2v) is 8.25. The van der Waals surface area contributed by atoms with E-state index in [9.17, 15) is 12.8 Å². The molecule has 1 heterocycles. The molecule has 25 heavy (non-hydrogen) atoms. The smallest absolute Gasteiger partial charge is 0.246 e. The Kier molecular flexibility index (Phi) is 6.45. The van der Waals surface area contributed by atoms with Crippen molar-refractivity contribution in [3.8, 4) is 0 Å². The van der Waals surface area contributed by atoms with E-state index in [4.69, 9.17) is 17.3 Å². The van der Waals surface area contributed by atoms with Crippen LogP contribution in [0.3, 0.4) is 0 Å². The molecule has 2 atom stereocenters. The van der Waals surface area contributed by atoms with Gasteiger partial charge in [-0.05, 0) is 36.2 Å².